The van der Waals surface area contributed by atoms with E-state index < -0.39 is 56.6 Å². The zero-order valence-corrected chi connectivity index (χ0v) is 15.2. The lowest BCUT2D eigenvalue weighted by Gasteiger charge is -2.21. The SMILES string of the molecule is CC(O)C(=O)OC[C@H]1O[C@@H](n2cnc3c(=O)[nH]cnc32)[C@H](O)[C@@H]1OP(=O)(O)O. The van der Waals surface area contributed by atoms with Crippen LogP contribution in [-0.4, -0.2) is 76.5 Å². The number of aromatic nitrogens is 4. The Hall–Kier alpha value is -2.19. The van der Waals surface area contributed by atoms with E-state index in [2.05, 4.69) is 19.5 Å². The minimum atomic E-state index is -5.04. The number of aliphatic hydroxyl groups excluding tert-OH is 2. The van der Waals surface area contributed by atoms with Gasteiger partial charge in [0.05, 0.1) is 12.7 Å². The van der Waals surface area contributed by atoms with Crippen molar-refractivity contribution in [2.45, 2.75) is 37.6 Å². The highest BCUT2D eigenvalue weighted by Crippen LogP contribution is 2.44. The number of carbonyl (C=O) groups excluding carboxylic acids is 1. The fraction of sp³-hybridized carbons (Fsp3) is 0.538. The van der Waals surface area contributed by atoms with Gasteiger partial charge in [-0.15, -0.1) is 0 Å². The maximum Gasteiger partial charge on any atom is 0.470 e. The molecule has 0 amide bonds. The Kier molecular flexibility index (Phi) is 5.63. The third-order valence-corrected chi connectivity index (χ3v) is 4.46. The van der Waals surface area contributed by atoms with E-state index in [1.165, 1.54) is 11.5 Å². The molecule has 3 rings (SSSR count). The summed E-state index contributed by atoms with van der Waals surface area (Å²) < 4.78 is 27.4. The monoisotopic (exact) mass is 420 g/mol. The number of fused-ring (bicyclic) bond motifs is 1. The highest BCUT2D eigenvalue weighted by molar-refractivity contribution is 7.46. The summed E-state index contributed by atoms with van der Waals surface area (Å²) >= 11 is 0. The maximum atomic E-state index is 11.8. The Morgan fingerprint density at radius 3 is 2.82 bits per heavy atom. The first-order valence-corrected chi connectivity index (χ1v) is 9.44. The van der Waals surface area contributed by atoms with Crippen molar-refractivity contribution in [3.8, 4) is 0 Å². The van der Waals surface area contributed by atoms with Gasteiger partial charge in [-0.05, 0) is 6.92 Å². The molecule has 2 aromatic heterocycles. The summed E-state index contributed by atoms with van der Waals surface area (Å²) in [5.74, 6) is -1.00. The molecule has 28 heavy (non-hydrogen) atoms. The van der Waals surface area contributed by atoms with Crippen molar-refractivity contribution in [2.75, 3.05) is 6.61 Å². The zero-order valence-electron chi connectivity index (χ0n) is 14.3. The van der Waals surface area contributed by atoms with Crippen molar-refractivity contribution in [2.24, 2.45) is 0 Å². The van der Waals surface area contributed by atoms with Crippen molar-refractivity contribution in [3.63, 3.8) is 0 Å². The number of hydrogen-bond donors (Lipinski definition) is 5. The number of rotatable bonds is 6. The van der Waals surface area contributed by atoms with Crippen molar-refractivity contribution >= 4 is 25.0 Å². The Bertz CT molecular complexity index is 968. The fourth-order valence-corrected chi connectivity index (χ4v) is 3.28. The van der Waals surface area contributed by atoms with Crippen LogP contribution in [0.5, 0.6) is 0 Å². The molecule has 0 saturated carbocycles. The number of aromatic amines is 1. The molecule has 0 radical (unpaired) electrons. The molecule has 14 nitrogen and oxygen atoms in total. The molecule has 5 N–H and O–H groups in total. The van der Waals surface area contributed by atoms with E-state index in [0.29, 0.717) is 0 Å². The van der Waals surface area contributed by atoms with E-state index in [-0.39, 0.29) is 11.2 Å². The third kappa shape index (κ3) is 4.12. The lowest BCUT2D eigenvalue weighted by Crippen LogP contribution is -2.37. The van der Waals surface area contributed by atoms with Gasteiger partial charge in [-0.2, -0.15) is 0 Å². The van der Waals surface area contributed by atoms with Crippen LogP contribution < -0.4 is 5.56 Å². The Balaban J connectivity index is 1.90. The quantitative estimate of drug-likeness (QED) is 0.249. The number of H-pyrrole nitrogens is 1. The van der Waals surface area contributed by atoms with Crippen LogP contribution >= 0.6 is 7.82 Å². The van der Waals surface area contributed by atoms with Crippen molar-refractivity contribution in [1.82, 2.24) is 19.5 Å². The van der Waals surface area contributed by atoms with E-state index >= 15 is 0 Å². The van der Waals surface area contributed by atoms with Gasteiger partial charge < -0.3 is 34.5 Å². The van der Waals surface area contributed by atoms with E-state index in [4.69, 9.17) is 19.3 Å². The molecule has 0 bridgehead atoms. The van der Waals surface area contributed by atoms with Crippen molar-refractivity contribution < 1.29 is 43.4 Å². The smallest absolute Gasteiger partial charge is 0.461 e. The molecule has 154 valence electrons. The first kappa shape index (κ1) is 20.5. The van der Waals surface area contributed by atoms with Crippen LogP contribution in [0.3, 0.4) is 0 Å². The summed E-state index contributed by atoms with van der Waals surface area (Å²) in [6.45, 7) is 0.600. The number of nitrogens with zero attached hydrogens (tertiary/aromatic N) is 3. The first-order valence-electron chi connectivity index (χ1n) is 7.91. The van der Waals surface area contributed by atoms with Crippen LogP contribution in [0, 0.1) is 0 Å². The van der Waals surface area contributed by atoms with Gasteiger partial charge >= 0.3 is 13.8 Å². The third-order valence-electron chi connectivity index (χ3n) is 3.94. The van der Waals surface area contributed by atoms with Crippen molar-refractivity contribution in [1.29, 1.82) is 0 Å². The standard InChI is InChI=1S/C13H17N4O10P/c1-5(18)13(21)25-2-6-9(27-28(22,23)24)8(19)12(26-6)17-4-16-7-10(17)14-3-15-11(7)20/h3-6,8-9,12,18-19H,2H2,1H3,(H,14,15,20)(H2,22,23,24)/t5?,6-,8-,9-,12-/m1/s1. The Morgan fingerprint density at radius 1 is 1.46 bits per heavy atom. The highest BCUT2D eigenvalue weighted by Gasteiger charge is 2.49. The second kappa shape index (κ2) is 7.67. The van der Waals surface area contributed by atoms with Gasteiger partial charge in [0.15, 0.2) is 17.4 Å². The summed E-state index contributed by atoms with van der Waals surface area (Å²) in [7, 11) is -5.04. The molecule has 1 aliphatic rings. The normalized spacial score (nSPS) is 26.5. The topological polar surface area (TPSA) is 206 Å². The van der Waals surface area contributed by atoms with Crippen molar-refractivity contribution in [3.05, 3.63) is 23.0 Å². The molecule has 1 saturated heterocycles. The molecule has 0 aromatic carbocycles. The number of carbonyl (C=O) groups is 1. The van der Waals surface area contributed by atoms with E-state index in [1.807, 2.05) is 0 Å². The van der Waals surface area contributed by atoms with Gasteiger partial charge in [0.2, 0.25) is 0 Å². The second-order valence-corrected chi connectivity index (χ2v) is 7.17. The number of phosphoric acid groups is 1. The average molecular weight is 420 g/mol. The van der Waals surface area contributed by atoms with Crippen LogP contribution in [0.2, 0.25) is 0 Å². The summed E-state index contributed by atoms with van der Waals surface area (Å²) in [6, 6.07) is 0. The molecule has 3 heterocycles. The van der Waals surface area contributed by atoms with E-state index in [1.54, 1.807) is 0 Å². The Labute approximate surface area is 155 Å². The number of hydrogen-bond acceptors (Lipinski definition) is 10. The molecular formula is C13H17N4O10P. The summed E-state index contributed by atoms with van der Waals surface area (Å²) in [5.41, 5.74) is -0.541. The van der Waals surface area contributed by atoms with Crippen LogP contribution in [-0.2, 0) is 23.4 Å². The van der Waals surface area contributed by atoms with E-state index in [9.17, 15) is 24.4 Å². The number of nitrogens with one attached hydrogen (secondary N) is 1. The zero-order chi connectivity index (χ0) is 20.6. The Morgan fingerprint density at radius 2 is 2.18 bits per heavy atom. The van der Waals surface area contributed by atoms with Crippen LogP contribution in [0.25, 0.3) is 11.2 Å². The predicted octanol–water partition coefficient (Wildman–Crippen LogP) is -2.22. The van der Waals surface area contributed by atoms with Crippen LogP contribution in [0.15, 0.2) is 17.4 Å². The van der Waals surface area contributed by atoms with Gasteiger partial charge in [-0.25, -0.2) is 19.3 Å². The number of aliphatic hydroxyl groups is 2. The van der Waals surface area contributed by atoms with Gasteiger partial charge in [0.1, 0.15) is 31.0 Å². The molecule has 15 heteroatoms. The van der Waals surface area contributed by atoms with E-state index in [0.717, 1.165) is 12.7 Å². The lowest BCUT2D eigenvalue weighted by atomic mass is 10.1. The second-order valence-electron chi connectivity index (χ2n) is 5.98. The fourth-order valence-electron chi connectivity index (χ4n) is 2.71. The molecular weight excluding hydrogens is 403 g/mol. The maximum absolute atomic E-state index is 11.8. The molecule has 2 aromatic rings. The molecule has 5 atom stereocenters. The predicted molar refractivity (Wildman–Crippen MR) is 87.6 cm³/mol. The summed E-state index contributed by atoms with van der Waals surface area (Å²) in [6.07, 6.45) is -5.00. The number of esters is 1. The van der Waals surface area contributed by atoms with Gasteiger partial charge in [0, 0.05) is 0 Å². The van der Waals surface area contributed by atoms with Crippen LogP contribution in [0.4, 0.5) is 0 Å². The molecule has 1 unspecified atom stereocenters. The first-order chi connectivity index (χ1) is 13.1. The summed E-state index contributed by atoms with van der Waals surface area (Å²) in [4.78, 5) is 51.6. The number of imidazole rings is 1. The molecule has 1 aliphatic heterocycles. The minimum Gasteiger partial charge on any atom is -0.461 e. The lowest BCUT2D eigenvalue weighted by molar-refractivity contribution is -0.158. The number of phosphoric ester groups is 1. The largest absolute Gasteiger partial charge is 0.470 e. The average Bonchev–Trinajstić information content (AvgIpc) is 3.15. The highest BCUT2D eigenvalue weighted by atomic mass is 31.2. The van der Waals surface area contributed by atoms with Crippen LogP contribution in [0.1, 0.15) is 13.2 Å². The number of ether oxygens (including phenoxy) is 2. The summed E-state index contributed by atoms with van der Waals surface area (Å²) in [5, 5.41) is 19.7. The van der Waals surface area contributed by atoms with Gasteiger partial charge in [-0.1, -0.05) is 0 Å². The molecule has 1 fully saturated rings. The van der Waals surface area contributed by atoms with Gasteiger partial charge in [-0.3, -0.25) is 13.9 Å². The molecule has 0 spiro atoms. The minimum absolute atomic E-state index is 0.0457. The van der Waals surface area contributed by atoms with Gasteiger partial charge in [0.25, 0.3) is 5.56 Å². The molecule has 0 aliphatic carbocycles.